The molecule has 1 rings (SSSR count). The molecule has 1 atom stereocenters. The second-order valence-electron chi connectivity index (χ2n) is 5.27. The molecule has 0 bridgehead atoms. The van der Waals surface area contributed by atoms with Crippen molar-refractivity contribution in [2.45, 2.75) is 46.6 Å². The van der Waals surface area contributed by atoms with Crippen LogP contribution in [-0.2, 0) is 9.53 Å². The number of amides is 1. The van der Waals surface area contributed by atoms with Gasteiger partial charge >= 0.3 is 6.09 Å². The summed E-state index contributed by atoms with van der Waals surface area (Å²) >= 11 is 0. The van der Waals surface area contributed by atoms with E-state index in [2.05, 4.69) is 0 Å². The van der Waals surface area contributed by atoms with Gasteiger partial charge in [0.05, 0.1) is 6.61 Å². The van der Waals surface area contributed by atoms with Crippen molar-refractivity contribution in [3.8, 4) is 0 Å². The maximum absolute atomic E-state index is 11.8. The van der Waals surface area contributed by atoms with Crippen LogP contribution < -0.4 is 0 Å². The fourth-order valence-corrected chi connectivity index (χ4v) is 2.03. The van der Waals surface area contributed by atoms with Gasteiger partial charge in [0.15, 0.2) is 0 Å². The number of ketones is 1. The Balaban J connectivity index is 2.80. The second-order valence-corrected chi connectivity index (χ2v) is 5.27. The lowest BCUT2D eigenvalue weighted by atomic mass is 9.80. The predicted molar refractivity (Wildman–Crippen MR) is 61.2 cm³/mol. The minimum Gasteiger partial charge on any atom is -0.450 e. The zero-order chi connectivity index (χ0) is 12.3. The predicted octanol–water partition coefficient (Wildman–Crippen LogP) is 2.22. The van der Waals surface area contributed by atoms with Crippen molar-refractivity contribution in [3.05, 3.63) is 0 Å². The third-order valence-corrected chi connectivity index (χ3v) is 2.93. The zero-order valence-electron chi connectivity index (χ0n) is 10.6. The molecule has 1 heterocycles. The van der Waals surface area contributed by atoms with Crippen molar-refractivity contribution in [2.24, 2.45) is 5.41 Å². The topological polar surface area (TPSA) is 46.6 Å². The lowest BCUT2D eigenvalue weighted by molar-refractivity contribution is -0.124. The number of hydrogen-bond donors (Lipinski definition) is 0. The van der Waals surface area contributed by atoms with Crippen LogP contribution in [0.3, 0.4) is 0 Å². The minimum atomic E-state index is -0.296. The maximum Gasteiger partial charge on any atom is 0.410 e. The van der Waals surface area contributed by atoms with E-state index >= 15 is 0 Å². The molecule has 0 spiro atoms. The van der Waals surface area contributed by atoms with E-state index in [1.165, 1.54) is 0 Å². The first-order chi connectivity index (χ1) is 7.36. The molecule has 0 aliphatic carbocycles. The van der Waals surface area contributed by atoms with E-state index in [1.807, 2.05) is 20.8 Å². The number of carbonyl (C=O) groups excluding carboxylic acids is 2. The Kier molecular flexibility index (Phi) is 3.94. The van der Waals surface area contributed by atoms with E-state index in [9.17, 15) is 9.59 Å². The number of piperidine rings is 1. The first-order valence-electron chi connectivity index (χ1n) is 5.81. The van der Waals surface area contributed by atoms with Gasteiger partial charge in [-0.3, -0.25) is 4.79 Å². The standard InChI is InChI=1S/C12H21NO3/c1-5-16-11(15)13-7-6-9(14)8-10(13)12(2,3)4/h10H,5-8H2,1-4H3. The van der Waals surface area contributed by atoms with Gasteiger partial charge in [-0.05, 0) is 12.3 Å². The van der Waals surface area contributed by atoms with Crippen molar-refractivity contribution in [2.75, 3.05) is 13.2 Å². The molecule has 0 aromatic rings. The molecule has 0 aromatic carbocycles. The van der Waals surface area contributed by atoms with E-state index in [0.29, 0.717) is 26.0 Å². The molecule has 1 aliphatic heterocycles. The fourth-order valence-electron chi connectivity index (χ4n) is 2.03. The molecular weight excluding hydrogens is 206 g/mol. The summed E-state index contributed by atoms with van der Waals surface area (Å²) in [4.78, 5) is 24.9. The van der Waals surface area contributed by atoms with Crippen LogP contribution in [0.4, 0.5) is 4.79 Å². The van der Waals surface area contributed by atoms with Crippen LogP contribution in [0.25, 0.3) is 0 Å². The number of carbonyl (C=O) groups is 2. The number of nitrogens with zero attached hydrogens (tertiary/aromatic N) is 1. The van der Waals surface area contributed by atoms with Crippen LogP contribution in [0, 0.1) is 5.41 Å². The molecule has 1 aliphatic rings. The molecule has 4 heteroatoms. The number of rotatable bonds is 1. The van der Waals surface area contributed by atoms with Gasteiger partial charge in [-0.25, -0.2) is 4.79 Å². The number of likely N-dealkylation sites (tertiary alicyclic amines) is 1. The number of Topliss-reactive ketones (excluding diaryl/α,β-unsaturated/α-hetero) is 1. The Bertz CT molecular complexity index is 280. The summed E-state index contributed by atoms with van der Waals surface area (Å²) in [5.41, 5.74) is -0.0944. The van der Waals surface area contributed by atoms with Crippen molar-refractivity contribution < 1.29 is 14.3 Å². The SMILES string of the molecule is CCOC(=O)N1CCC(=O)CC1C(C)(C)C. The normalized spacial score (nSPS) is 22.1. The van der Waals surface area contributed by atoms with Gasteiger partial charge in [0.2, 0.25) is 0 Å². The highest BCUT2D eigenvalue weighted by atomic mass is 16.6. The van der Waals surface area contributed by atoms with E-state index in [-0.39, 0.29) is 23.3 Å². The molecule has 0 radical (unpaired) electrons. The van der Waals surface area contributed by atoms with Gasteiger partial charge < -0.3 is 9.64 Å². The van der Waals surface area contributed by atoms with Crippen LogP contribution in [0.5, 0.6) is 0 Å². The molecule has 1 unspecified atom stereocenters. The molecule has 92 valence electrons. The molecular formula is C12H21NO3. The Morgan fingerprint density at radius 3 is 2.62 bits per heavy atom. The first kappa shape index (κ1) is 13.0. The Labute approximate surface area is 96.9 Å². The Morgan fingerprint density at radius 1 is 1.50 bits per heavy atom. The monoisotopic (exact) mass is 227 g/mol. The average Bonchev–Trinajstić information content (AvgIpc) is 2.16. The van der Waals surface area contributed by atoms with E-state index in [0.717, 1.165) is 0 Å². The molecule has 1 fully saturated rings. The molecule has 16 heavy (non-hydrogen) atoms. The Hall–Kier alpha value is -1.06. The second kappa shape index (κ2) is 4.85. The molecule has 0 N–H and O–H groups in total. The maximum atomic E-state index is 11.8. The number of hydrogen-bond acceptors (Lipinski definition) is 3. The van der Waals surface area contributed by atoms with Gasteiger partial charge in [-0.1, -0.05) is 20.8 Å². The molecule has 0 aromatic heterocycles. The summed E-state index contributed by atoms with van der Waals surface area (Å²) in [6.45, 7) is 8.78. The van der Waals surface area contributed by atoms with Crippen LogP contribution in [-0.4, -0.2) is 36.0 Å². The van der Waals surface area contributed by atoms with E-state index < -0.39 is 0 Å². The highest BCUT2D eigenvalue weighted by molar-refractivity contribution is 5.82. The van der Waals surface area contributed by atoms with E-state index in [4.69, 9.17) is 4.74 Å². The quantitative estimate of drug-likeness (QED) is 0.690. The van der Waals surface area contributed by atoms with Gasteiger partial charge in [0.1, 0.15) is 5.78 Å². The van der Waals surface area contributed by atoms with Gasteiger partial charge in [-0.15, -0.1) is 0 Å². The van der Waals surface area contributed by atoms with Gasteiger partial charge in [0.25, 0.3) is 0 Å². The summed E-state index contributed by atoms with van der Waals surface area (Å²) < 4.78 is 5.02. The highest BCUT2D eigenvalue weighted by Gasteiger charge is 2.38. The first-order valence-corrected chi connectivity index (χ1v) is 5.81. The zero-order valence-corrected chi connectivity index (χ0v) is 10.6. The van der Waals surface area contributed by atoms with Crippen molar-refractivity contribution >= 4 is 11.9 Å². The summed E-state index contributed by atoms with van der Waals surface area (Å²) in [6.07, 6.45) is 0.600. The van der Waals surface area contributed by atoms with E-state index in [1.54, 1.807) is 11.8 Å². The summed E-state index contributed by atoms with van der Waals surface area (Å²) in [5, 5.41) is 0. The summed E-state index contributed by atoms with van der Waals surface area (Å²) in [7, 11) is 0. The lowest BCUT2D eigenvalue weighted by Gasteiger charge is -2.41. The van der Waals surface area contributed by atoms with Crippen molar-refractivity contribution in [3.63, 3.8) is 0 Å². The average molecular weight is 227 g/mol. The van der Waals surface area contributed by atoms with Gasteiger partial charge in [0, 0.05) is 25.4 Å². The highest BCUT2D eigenvalue weighted by Crippen LogP contribution is 2.30. The number of ether oxygens (including phenoxy) is 1. The van der Waals surface area contributed by atoms with Gasteiger partial charge in [-0.2, -0.15) is 0 Å². The largest absolute Gasteiger partial charge is 0.450 e. The Morgan fingerprint density at radius 2 is 2.12 bits per heavy atom. The summed E-state index contributed by atoms with van der Waals surface area (Å²) in [5.74, 6) is 0.237. The van der Waals surface area contributed by atoms with Crippen molar-refractivity contribution in [1.82, 2.24) is 4.90 Å². The smallest absolute Gasteiger partial charge is 0.410 e. The third kappa shape index (κ3) is 2.97. The van der Waals surface area contributed by atoms with Crippen molar-refractivity contribution in [1.29, 1.82) is 0 Å². The minimum absolute atomic E-state index is 0.0483. The van der Waals surface area contributed by atoms with Crippen LogP contribution in [0.15, 0.2) is 0 Å². The van der Waals surface area contributed by atoms with Crippen LogP contribution in [0.2, 0.25) is 0 Å². The summed E-state index contributed by atoms with van der Waals surface area (Å²) in [6, 6.07) is -0.0483. The lowest BCUT2D eigenvalue weighted by Crippen LogP contribution is -2.52. The van der Waals surface area contributed by atoms with Crippen LogP contribution in [0.1, 0.15) is 40.5 Å². The molecule has 1 saturated heterocycles. The molecule has 4 nitrogen and oxygen atoms in total. The molecule has 0 saturated carbocycles. The molecule has 1 amide bonds. The third-order valence-electron chi connectivity index (χ3n) is 2.93. The fraction of sp³-hybridized carbons (Fsp3) is 0.833. The van der Waals surface area contributed by atoms with Crippen LogP contribution >= 0.6 is 0 Å².